The monoisotopic (exact) mass is 190 g/mol. The van der Waals surface area contributed by atoms with Gasteiger partial charge in [-0.05, 0) is 19.8 Å². The summed E-state index contributed by atoms with van der Waals surface area (Å²) in [6.07, 6.45) is 4.06. The van der Waals surface area contributed by atoms with Gasteiger partial charge in [0.25, 0.3) is 0 Å². The second-order valence-electron chi connectivity index (χ2n) is 3.64. The third-order valence-corrected chi connectivity index (χ3v) is 2.44. The van der Waals surface area contributed by atoms with Crippen LogP contribution in [0.1, 0.15) is 30.3 Å². The molecule has 1 saturated carbocycles. The molecule has 2 aromatic heterocycles. The van der Waals surface area contributed by atoms with Crippen molar-refractivity contribution in [3.63, 3.8) is 0 Å². The van der Waals surface area contributed by atoms with Crippen LogP contribution in [-0.4, -0.2) is 20.3 Å². The molecule has 0 amide bonds. The lowest BCUT2D eigenvalue weighted by atomic mass is 10.2. The molecule has 2 heterocycles. The molecule has 5 nitrogen and oxygen atoms in total. The van der Waals surface area contributed by atoms with E-state index in [4.69, 9.17) is 4.52 Å². The molecule has 0 spiro atoms. The van der Waals surface area contributed by atoms with E-state index in [-0.39, 0.29) is 0 Å². The molecular formula is C9H10N4O. The Hall–Kier alpha value is -1.65. The summed E-state index contributed by atoms with van der Waals surface area (Å²) in [6.45, 7) is 1.94. The van der Waals surface area contributed by atoms with Gasteiger partial charge in [0.1, 0.15) is 0 Å². The number of nitrogens with zero attached hydrogens (tertiary/aromatic N) is 3. The van der Waals surface area contributed by atoms with E-state index in [1.54, 1.807) is 6.20 Å². The van der Waals surface area contributed by atoms with Gasteiger partial charge < -0.3 is 4.52 Å². The number of aromatic amines is 1. The Kier molecular flexibility index (Phi) is 1.47. The number of rotatable bonds is 2. The first-order chi connectivity index (χ1) is 6.84. The molecular weight excluding hydrogens is 180 g/mol. The maximum absolute atomic E-state index is 5.16. The van der Waals surface area contributed by atoms with Gasteiger partial charge in [-0.1, -0.05) is 5.16 Å². The fourth-order valence-electron chi connectivity index (χ4n) is 1.42. The average molecular weight is 190 g/mol. The third-order valence-electron chi connectivity index (χ3n) is 2.44. The maximum Gasteiger partial charge on any atom is 0.230 e. The van der Waals surface area contributed by atoms with Crippen molar-refractivity contribution in [3.05, 3.63) is 17.8 Å². The Balaban J connectivity index is 1.99. The van der Waals surface area contributed by atoms with E-state index in [1.165, 1.54) is 12.8 Å². The summed E-state index contributed by atoms with van der Waals surface area (Å²) in [5, 5.41) is 10.7. The van der Waals surface area contributed by atoms with Crippen LogP contribution in [0, 0.1) is 6.92 Å². The lowest BCUT2D eigenvalue weighted by molar-refractivity contribution is 0.380. The zero-order valence-corrected chi connectivity index (χ0v) is 7.82. The normalized spacial score (nSPS) is 16.1. The summed E-state index contributed by atoms with van der Waals surface area (Å²) >= 11 is 0. The fourth-order valence-corrected chi connectivity index (χ4v) is 1.42. The smallest absolute Gasteiger partial charge is 0.230 e. The summed E-state index contributed by atoms with van der Waals surface area (Å²) in [5.74, 6) is 1.90. The van der Waals surface area contributed by atoms with Crippen LogP contribution < -0.4 is 0 Å². The van der Waals surface area contributed by atoms with Crippen LogP contribution in [0.2, 0.25) is 0 Å². The molecule has 0 aromatic carbocycles. The molecule has 72 valence electrons. The molecule has 5 heteroatoms. The molecule has 1 N–H and O–H groups in total. The Morgan fingerprint density at radius 3 is 3.00 bits per heavy atom. The van der Waals surface area contributed by atoms with Crippen LogP contribution in [0.15, 0.2) is 10.7 Å². The van der Waals surface area contributed by atoms with Crippen molar-refractivity contribution in [2.45, 2.75) is 25.7 Å². The topological polar surface area (TPSA) is 67.6 Å². The summed E-state index contributed by atoms with van der Waals surface area (Å²) < 4.78 is 5.16. The quantitative estimate of drug-likeness (QED) is 0.781. The minimum absolute atomic E-state index is 0.503. The van der Waals surface area contributed by atoms with Gasteiger partial charge >= 0.3 is 0 Å². The van der Waals surface area contributed by atoms with Crippen molar-refractivity contribution in [1.82, 2.24) is 20.3 Å². The number of hydrogen-bond donors (Lipinski definition) is 1. The average Bonchev–Trinajstić information content (AvgIpc) is 2.75. The zero-order chi connectivity index (χ0) is 9.54. The largest absolute Gasteiger partial charge is 0.339 e. The van der Waals surface area contributed by atoms with Crippen molar-refractivity contribution in [1.29, 1.82) is 0 Å². The van der Waals surface area contributed by atoms with E-state index in [9.17, 15) is 0 Å². The van der Waals surface area contributed by atoms with E-state index in [0.29, 0.717) is 11.7 Å². The lowest BCUT2D eigenvalue weighted by Gasteiger charge is -1.87. The summed E-state index contributed by atoms with van der Waals surface area (Å²) in [6, 6.07) is 0. The van der Waals surface area contributed by atoms with Gasteiger partial charge in [-0.25, -0.2) is 0 Å². The second kappa shape index (κ2) is 2.67. The van der Waals surface area contributed by atoms with Gasteiger partial charge in [0.15, 0.2) is 0 Å². The summed E-state index contributed by atoms with van der Waals surface area (Å²) in [5.41, 5.74) is 1.88. The zero-order valence-electron chi connectivity index (χ0n) is 7.82. The van der Waals surface area contributed by atoms with Gasteiger partial charge in [0.05, 0.1) is 11.8 Å². The highest BCUT2D eigenvalue weighted by Crippen LogP contribution is 2.39. The van der Waals surface area contributed by atoms with Crippen molar-refractivity contribution in [3.8, 4) is 11.4 Å². The molecule has 0 unspecified atom stereocenters. The Labute approximate surface area is 80.5 Å². The molecule has 0 bridgehead atoms. The van der Waals surface area contributed by atoms with Crippen LogP contribution in [-0.2, 0) is 0 Å². The van der Waals surface area contributed by atoms with Crippen molar-refractivity contribution < 1.29 is 4.52 Å². The molecule has 2 aromatic rings. The predicted molar refractivity (Wildman–Crippen MR) is 48.6 cm³/mol. The van der Waals surface area contributed by atoms with E-state index in [1.807, 2.05) is 6.92 Å². The number of aromatic nitrogens is 4. The van der Waals surface area contributed by atoms with Crippen LogP contribution >= 0.6 is 0 Å². The molecule has 0 atom stereocenters. The van der Waals surface area contributed by atoms with Crippen molar-refractivity contribution in [2.75, 3.05) is 0 Å². The van der Waals surface area contributed by atoms with Crippen LogP contribution in [0.4, 0.5) is 0 Å². The van der Waals surface area contributed by atoms with Crippen LogP contribution in [0.5, 0.6) is 0 Å². The fraction of sp³-hybridized carbons (Fsp3) is 0.444. The molecule has 0 radical (unpaired) electrons. The SMILES string of the molecule is Cc1[nH]ncc1-c1noc(C2CC2)n1. The van der Waals surface area contributed by atoms with Crippen LogP contribution in [0.3, 0.4) is 0 Å². The molecule has 0 aliphatic heterocycles. The highest BCUT2D eigenvalue weighted by molar-refractivity contribution is 5.55. The standard InChI is InChI=1S/C9H10N4O/c1-5-7(4-10-12-5)8-11-9(14-13-8)6-2-3-6/h4,6H,2-3H2,1H3,(H,10,12). The first-order valence-electron chi connectivity index (χ1n) is 4.68. The predicted octanol–water partition coefficient (Wildman–Crippen LogP) is 1.65. The second-order valence-corrected chi connectivity index (χ2v) is 3.64. The molecule has 1 fully saturated rings. The van der Waals surface area contributed by atoms with Gasteiger partial charge in [0, 0.05) is 11.6 Å². The Morgan fingerprint density at radius 1 is 1.50 bits per heavy atom. The number of hydrogen-bond acceptors (Lipinski definition) is 4. The molecule has 3 rings (SSSR count). The summed E-state index contributed by atoms with van der Waals surface area (Å²) in [7, 11) is 0. The van der Waals surface area contributed by atoms with Gasteiger partial charge in [-0.15, -0.1) is 0 Å². The Bertz CT molecular complexity index is 455. The first-order valence-corrected chi connectivity index (χ1v) is 4.68. The maximum atomic E-state index is 5.16. The Morgan fingerprint density at radius 2 is 2.36 bits per heavy atom. The molecule has 0 saturated heterocycles. The number of aryl methyl sites for hydroxylation is 1. The van der Waals surface area contributed by atoms with E-state index < -0.39 is 0 Å². The van der Waals surface area contributed by atoms with Crippen molar-refractivity contribution >= 4 is 0 Å². The van der Waals surface area contributed by atoms with Gasteiger partial charge in [-0.3, -0.25) is 5.10 Å². The van der Waals surface area contributed by atoms with E-state index in [0.717, 1.165) is 17.1 Å². The van der Waals surface area contributed by atoms with E-state index in [2.05, 4.69) is 20.3 Å². The number of nitrogens with one attached hydrogen (secondary N) is 1. The van der Waals surface area contributed by atoms with E-state index >= 15 is 0 Å². The first kappa shape index (κ1) is 7.73. The highest BCUT2D eigenvalue weighted by Gasteiger charge is 2.30. The molecule has 14 heavy (non-hydrogen) atoms. The third kappa shape index (κ3) is 1.13. The van der Waals surface area contributed by atoms with Crippen LogP contribution in [0.25, 0.3) is 11.4 Å². The minimum Gasteiger partial charge on any atom is -0.339 e. The number of H-pyrrole nitrogens is 1. The van der Waals surface area contributed by atoms with Gasteiger partial charge in [-0.2, -0.15) is 10.1 Å². The minimum atomic E-state index is 0.503. The summed E-state index contributed by atoms with van der Waals surface area (Å²) in [4.78, 5) is 4.34. The highest BCUT2D eigenvalue weighted by atomic mass is 16.5. The molecule has 1 aliphatic rings. The lowest BCUT2D eigenvalue weighted by Crippen LogP contribution is -1.82. The molecule has 1 aliphatic carbocycles. The van der Waals surface area contributed by atoms with Gasteiger partial charge in [0.2, 0.25) is 11.7 Å². The van der Waals surface area contributed by atoms with Crippen molar-refractivity contribution in [2.24, 2.45) is 0 Å².